The molecule has 0 spiro atoms. The standard InChI is InChI=1S/C20H23N3O4/c1-27-17-10-9-15(13-5-7-14(8-6-13)19(21)22)12-16(17)20(26)23-11-3-2-4-18(24)25/h5-10,12H,2-4,11H2,1H3,(H3,21,22)(H,23,26)(H,24,25). The van der Waals surface area contributed by atoms with E-state index in [4.69, 9.17) is 21.0 Å². The van der Waals surface area contributed by atoms with Gasteiger partial charge in [0, 0.05) is 18.5 Å². The number of hydrogen-bond acceptors (Lipinski definition) is 4. The van der Waals surface area contributed by atoms with Gasteiger partial charge in [-0.15, -0.1) is 0 Å². The molecule has 0 saturated carbocycles. The topological polar surface area (TPSA) is 125 Å². The molecule has 1 amide bonds. The number of unbranched alkanes of at least 4 members (excludes halogenated alkanes) is 1. The van der Waals surface area contributed by atoms with Gasteiger partial charge in [-0.25, -0.2) is 0 Å². The van der Waals surface area contributed by atoms with Crippen LogP contribution < -0.4 is 15.8 Å². The van der Waals surface area contributed by atoms with Gasteiger partial charge in [0.05, 0.1) is 12.7 Å². The van der Waals surface area contributed by atoms with Crippen LogP contribution in [-0.4, -0.2) is 36.5 Å². The van der Waals surface area contributed by atoms with Crippen molar-refractivity contribution in [2.75, 3.05) is 13.7 Å². The van der Waals surface area contributed by atoms with Crippen molar-refractivity contribution < 1.29 is 19.4 Å². The minimum absolute atomic E-state index is 0.000698. The molecule has 0 bridgehead atoms. The van der Waals surface area contributed by atoms with Crippen molar-refractivity contribution in [3.63, 3.8) is 0 Å². The molecule has 27 heavy (non-hydrogen) atoms. The average Bonchev–Trinajstić information content (AvgIpc) is 2.66. The van der Waals surface area contributed by atoms with Crippen molar-refractivity contribution in [1.29, 1.82) is 5.41 Å². The second-order valence-corrected chi connectivity index (χ2v) is 6.01. The largest absolute Gasteiger partial charge is 0.496 e. The molecule has 0 fully saturated rings. The van der Waals surface area contributed by atoms with Gasteiger partial charge < -0.3 is 20.9 Å². The molecule has 2 aromatic rings. The van der Waals surface area contributed by atoms with E-state index in [1.807, 2.05) is 18.2 Å². The highest BCUT2D eigenvalue weighted by atomic mass is 16.5. The van der Waals surface area contributed by atoms with E-state index in [2.05, 4.69) is 5.32 Å². The summed E-state index contributed by atoms with van der Waals surface area (Å²) in [6.45, 7) is 0.396. The number of amides is 1. The first kappa shape index (κ1) is 20.0. The Kier molecular flexibility index (Phi) is 6.93. The van der Waals surface area contributed by atoms with E-state index in [0.717, 1.165) is 11.1 Å². The summed E-state index contributed by atoms with van der Waals surface area (Å²) in [6, 6.07) is 12.5. The average molecular weight is 369 g/mol. The van der Waals surface area contributed by atoms with E-state index < -0.39 is 5.97 Å². The number of aliphatic carboxylic acids is 1. The number of carbonyl (C=O) groups is 2. The number of hydrogen-bond donors (Lipinski definition) is 4. The number of ether oxygens (including phenoxy) is 1. The predicted octanol–water partition coefficient (Wildman–Crippen LogP) is 2.63. The van der Waals surface area contributed by atoms with Crippen molar-refractivity contribution in [3.8, 4) is 16.9 Å². The zero-order valence-corrected chi connectivity index (χ0v) is 15.1. The molecule has 0 atom stereocenters. The molecule has 0 saturated heterocycles. The molecule has 0 aromatic heterocycles. The number of methoxy groups -OCH3 is 1. The third-order valence-electron chi connectivity index (χ3n) is 4.08. The fraction of sp³-hybridized carbons (Fsp3) is 0.250. The number of nitrogens with two attached hydrogens (primary N) is 1. The Morgan fingerprint density at radius 3 is 2.37 bits per heavy atom. The van der Waals surface area contributed by atoms with Gasteiger partial charge in [-0.3, -0.25) is 15.0 Å². The molecule has 142 valence electrons. The van der Waals surface area contributed by atoms with Crippen LogP contribution in [0.3, 0.4) is 0 Å². The Hall–Kier alpha value is -3.35. The summed E-state index contributed by atoms with van der Waals surface area (Å²) < 4.78 is 5.28. The number of nitrogens with one attached hydrogen (secondary N) is 2. The number of carboxylic acid groups (broad SMARTS) is 1. The summed E-state index contributed by atoms with van der Waals surface area (Å²) in [7, 11) is 1.50. The van der Waals surface area contributed by atoms with Crippen molar-refractivity contribution in [3.05, 3.63) is 53.6 Å². The number of nitrogen functional groups attached to an aromatic ring is 1. The van der Waals surface area contributed by atoms with Crippen molar-refractivity contribution in [2.45, 2.75) is 19.3 Å². The maximum atomic E-state index is 12.5. The quantitative estimate of drug-likeness (QED) is 0.307. The van der Waals surface area contributed by atoms with E-state index >= 15 is 0 Å². The van der Waals surface area contributed by atoms with Gasteiger partial charge in [-0.1, -0.05) is 30.3 Å². The third kappa shape index (κ3) is 5.57. The molecule has 0 aliphatic rings. The third-order valence-corrected chi connectivity index (χ3v) is 4.08. The van der Waals surface area contributed by atoms with Crippen LogP contribution in [0.5, 0.6) is 5.75 Å². The molecular weight excluding hydrogens is 346 g/mol. The molecule has 7 nitrogen and oxygen atoms in total. The van der Waals surface area contributed by atoms with Crippen molar-refractivity contribution >= 4 is 17.7 Å². The van der Waals surface area contributed by atoms with Crippen molar-refractivity contribution in [2.24, 2.45) is 5.73 Å². The molecule has 0 aliphatic carbocycles. The maximum absolute atomic E-state index is 12.5. The summed E-state index contributed by atoms with van der Waals surface area (Å²) in [4.78, 5) is 23.0. The first-order chi connectivity index (χ1) is 12.9. The Labute approximate surface area is 157 Å². The van der Waals surface area contributed by atoms with E-state index in [9.17, 15) is 9.59 Å². The zero-order valence-electron chi connectivity index (χ0n) is 15.1. The highest BCUT2D eigenvalue weighted by molar-refractivity contribution is 5.98. The SMILES string of the molecule is COc1ccc(-c2ccc(C(=N)N)cc2)cc1C(=O)NCCCCC(=O)O. The summed E-state index contributed by atoms with van der Waals surface area (Å²) in [5.74, 6) is -0.655. The minimum atomic E-state index is -0.841. The number of amidine groups is 1. The fourth-order valence-electron chi connectivity index (χ4n) is 2.61. The van der Waals surface area contributed by atoms with Crippen LogP contribution in [-0.2, 0) is 4.79 Å². The van der Waals surface area contributed by atoms with Gasteiger partial charge in [-0.05, 0) is 36.1 Å². The van der Waals surface area contributed by atoms with E-state index in [-0.39, 0.29) is 18.2 Å². The number of benzene rings is 2. The molecule has 7 heteroatoms. The molecule has 0 radical (unpaired) electrons. The molecule has 5 N–H and O–H groups in total. The van der Waals surface area contributed by atoms with Gasteiger partial charge in [0.25, 0.3) is 5.91 Å². The van der Waals surface area contributed by atoms with Crippen LogP contribution in [0.4, 0.5) is 0 Å². The maximum Gasteiger partial charge on any atom is 0.303 e. The summed E-state index contributed by atoms with van der Waals surface area (Å²) in [6.07, 6.45) is 1.19. The first-order valence-electron chi connectivity index (χ1n) is 8.55. The summed E-state index contributed by atoms with van der Waals surface area (Å²) in [5, 5.41) is 18.9. The summed E-state index contributed by atoms with van der Waals surface area (Å²) >= 11 is 0. The van der Waals surface area contributed by atoms with Crippen LogP contribution in [0.25, 0.3) is 11.1 Å². The molecule has 2 aromatic carbocycles. The molecule has 0 unspecified atom stereocenters. The van der Waals surface area contributed by atoms with E-state index in [1.165, 1.54) is 7.11 Å². The Morgan fingerprint density at radius 1 is 1.11 bits per heavy atom. The van der Waals surface area contributed by atoms with E-state index in [1.54, 1.807) is 24.3 Å². The number of rotatable bonds is 9. The lowest BCUT2D eigenvalue weighted by molar-refractivity contribution is -0.137. The normalized spacial score (nSPS) is 10.3. The first-order valence-corrected chi connectivity index (χ1v) is 8.55. The van der Waals surface area contributed by atoms with Gasteiger partial charge in [0.2, 0.25) is 0 Å². The van der Waals surface area contributed by atoms with Crippen molar-refractivity contribution in [1.82, 2.24) is 5.32 Å². The molecule has 0 aliphatic heterocycles. The fourth-order valence-corrected chi connectivity index (χ4v) is 2.61. The monoisotopic (exact) mass is 369 g/mol. The second kappa shape index (κ2) is 9.38. The lowest BCUT2D eigenvalue weighted by atomic mass is 10.0. The van der Waals surface area contributed by atoms with Crippen LogP contribution in [0, 0.1) is 5.41 Å². The molecule has 0 heterocycles. The van der Waals surface area contributed by atoms with Crippen LogP contribution in [0.1, 0.15) is 35.2 Å². The molecule has 2 rings (SSSR count). The minimum Gasteiger partial charge on any atom is -0.496 e. The van der Waals surface area contributed by atoms with Crippen LogP contribution >= 0.6 is 0 Å². The highest BCUT2D eigenvalue weighted by Gasteiger charge is 2.13. The summed E-state index contributed by atoms with van der Waals surface area (Å²) in [5.41, 5.74) is 8.23. The second-order valence-electron chi connectivity index (χ2n) is 6.01. The molecular formula is C20H23N3O4. The van der Waals surface area contributed by atoms with Crippen LogP contribution in [0.2, 0.25) is 0 Å². The lowest BCUT2D eigenvalue weighted by Gasteiger charge is -2.12. The Balaban J connectivity index is 2.13. The van der Waals surface area contributed by atoms with E-state index in [0.29, 0.717) is 36.3 Å². The number of carboxylic acids is 1. The van der Waals surface area contributed by atoms with Gasteiger partial charge in [0.15, 0.2) is 0 Å². The van der Waals surface area contributed by atoms with Crippen LogP contribution in [0.15, 0.2) is 42.5 Å². The highest BCUT2D eigenvalue weighted by Crippen LogP contribution is 2.27. The van der Waals surface area contributed by atoms with Gasteiger partial charge in [0.1, 0.15) is 11.6 Å². The smallest absolute Gasteiger partial charge is 0.303 e. The lowest BCUT2D eigenvalue weighted by Crippen LogP contribution is -2.25. The van der Waals surface area contributed by atoms with Gasteiger partial charge in [-0.2, -0.15) is 0 Å². The Bertz CT molecular complexity index is 832. The number of carbonyl (C=O) groups excluding carboxylic acids is 1. The Morgan fingerprint density at radius 2 is 1.78 bits per heavy atom. The predicted molar refractivity (Wildman–Crippen MR) is 103 cm³/mol. The van der Waals surface area contributed by atoms with Gasteiger partial charge >= 0.3 is 5.97 Å². The zero-order chi connectivity index (χ0) is 19.8.